The van der Waals surface area contributed by atoms with E-state index in [9.17, 15) is 0 Å². The molecule has 0 saturated carbocycles. The maximum absolute atomic E-state index is 5.57. The lowest BCUT2D eigenvalue weighted by molar-refractivity contribution is 0.268. The van der Waals surface area contributed by atoms with Crippen molar-refractivity contribution in [3.05, 3.63) is 42.3 Å². The van der Waals surface area contributed by atoms with Crippen LogP contribution < -0.4 is 10.6 Å². The van der Waals surface area contributed by atoms with E-state index in [2.05, 4.69) is 53.3 Å². The van der Waals surface area contributed by atoms with Crippen LogP contribution in [0.1, 0.15) is 39.3 Å². The standard InChI is InChI=1S/C21H33N5O/c1-5-22-21(23-13-9-10-14-26(4)17(2)3)24-15-19-16-27-20(25-19)18-11-7-6-8-12-18/h6-8,11-12,16-17H,5,9-10,13-15H2,1-4H3,(H2,22,23,24). The SMILES string of the molecule is CCNC(=NCc1coc(-c2ccccc2)n1)NCCCCN(C)C(C)C. The van der Waals surface area contributed by atoms with E-state index in [-0.39, 0.29) is 0 Å². The van der Waals surface area contributed by atoms with Gasteiger partial charge in [-0.05, 0) is 59.3 Å². The number of guanidine groups is 1. The van der Waals surface area contributed by atoms with Crippen LogP contribution in [0.2, 0.25) is 0 Å². The Kier molecular flexibility index (Phi) is 8.84. The van der Waals surface area contributed by atoms with E-state index in [0.29, 0.717) is 18.5 Å². The van der Waals surface area contributed by atoms with Gasteiger partial charge in [0.2, 0.25) is 5.89 Å². The third-order valence-electron chi connectivity index (χ3n) is 4.43. The summed E-state index contributed by atoms with van der Waals surface area (Å²) in [6.45, 7) is 9.86. The zero-order valence-corrected chi connectivity index (χ0v) is 17.0. The summed E-state index contributed by atoms with van der Waals surface area (Å²) < 4.78 is 5.57. The van der Waals surface area contributed by atoms with Crippen molar-refractivity contribution in [2.24, 2.45) is 4.99 Å². The van der Waals surface area contributed by atoms with E-state index in [4.69, 9.17) is 4.42 Å². The maximum atomic E-state index is 5.57. The van der Waals surface area contributed by atoms with Gasteiger partial charge < -0.3 is 20.0 Å². The molecule has 0 saturated heterocycles. The molecule has 6 heteroatoms. The summed E-state index contributed by atoms with van der Waals surface area (Å²) in [5.74, 6) is 1.45. The van der Waals surface area contributed by atoms with E-state index in [1.165, 1.54) is 6.42 Å². The highest BCUT2D eigenvalue weighted by atomic mass is 16.3. The van der Waals surface area contributed by atoms with Crippen LogP contribution in [0.5, 0.6) is 0 Å². The molecule has 0 bridgehead atoms. The lowest BCUT2D eigenvalue weighted by Gasteiger charge is -2.20. The summed E-state index contributed by atoms with van der Waals surface area (Å²) in [7, 11) is 2.17. The minimum Gasteiger partial charge on any atom is -0.444 e. The average Bonchev–Trinajstić information content (AvgIpc) is 3.15. The number of unbranched alkanes of at least 4 members (excludes halogenated alkanes) is 1. The molecule has 1 aromatic heterocycles. The number of nitrogens with one attached hydrogen (secondary N) is 2. The zero-order valence-electron chi connectivity index (χ0n) is 17.0. The molecular formula is C21H33N5O. The lowest BCUT2D eigenvalue weighted by Crippen LogP contribution is -2.38. The fraction of sp³-hybridized carbons (Fsp3) is 0.524. The van der Waals surface area contributed by atoms with Crippen molar-refractivity contribution < 1.29 is 4.42 Å². The van der Waals surface area contributed by atoms with Gasteiger partial charge in [-0.3, -0.25) is 0 Å². The summed E-state index contributed by atoms with van der Waals surface area (Å²) >= 11 is 0. The second-order valence-corrected chi connectivity index (χ2v) is 6.91. The molecule has 0 aliphatic carbocycles. The third kappa shape index (κ3) is 7.43. The molecule has 0 unspecified atom stereocenters. The number of hydrogen-bond donors (Lipinski definition) is 2. The zero-order chi connectivity index (χ0) is 19.5. The Morgan fingerprint density at radius 3 is 2.67 bits per heavy atom. The van der Waals surface area contributed by atoms with Gasteiger partial charge in [0.15, 0.2) is 5.96 Å². The number of aliphatic imine (C=N–C) groups is 1. The predicted molar refractivity (Wildman–Crippen MR) is 112 cm³/mol. The molecule has 1 aromatic carbocycles. The van der Waals surface area contributed by atoms with E-state index < -0.39 is 0 Å². The first-order valence-electron chi connectivity index (χ1n) is 9.82. The van der Waals surface area contributed by atoms with Gasteiger partial charge in [-0.2, -0.15) is 0 Å². The van der Waals surface area contributed by atoms with E-state index in [1.54, 1.807) is 6.26 Å². The average molecular weight is 372 g/mol. The summed E-state index contributed by atoms with van der Waals surface area (Å²) in [5, 5.41) is 6.67. The van der Waals surface area contributed by atoms with Crippen molar-refractivity contribution in [2.45, 2.75) is 46.2 Å². The molecule has 0 atom stereocenters. The monoisotopic (exact) mass is 371 g/mol. The number of nitrogens with zero attached hydrogens (tertiary/aromatic N) is 3. The minimum atomic E-state index is 0.488. The van der Waals surface area contributed by atoms with E-state index in [0.717, 1.165) is 43.3 Å². The van der Waals surface area contributed by atoms with Gasteiger partial charge in [0.1, 0.15) is 12.0 Å². The van der Waals surface area contributed by atoms with Crippen LogP contribution >= 0.6 is 0 Å². The topological polar surface area (TPSA) is 65.7 Å². The lowest BCUT2D eigenvalue weighted by atomic mass is 10.2. The molecule has 1 heterocycles. The van der Waals surface area contributed by atoms with Gasteiger partial charge in [0.05, 0.1) is 6.54 Å². The Labute approximate surface area is 163 Å². The van der Waals surface area contributed by atoms with Crippen LogP contribution in [0, 0.1) is 0 Å². The van der Waals surface area contributed by atoms with Crippen LogP contribution in [0.3, 0.4) is 0 Å². The summed E-state index contributed by atoms with van der Waals surface area (Å²) in [4.78, 5) is 11.5. The molecule has 2 rings (SSSR count). The van der Waals surface area contributed by atoms with Gasteiger partial charge in [-0.15, -0.1) is 0 Å². The van der Waals surface area contributed by atoms with Gasteiger partial charge >= 0.3 is 0 Å². The number of aromatic nitrogens is 1. The van der Waals surface area contributed by atoms with Crippen molar-refractivity contribution in [1.29, 1.82) is 0 Å². The van der Waals surface area contributed by atoms with E-state index in [1.807, 2.05) is 30.3 Å². The number of oxazole rings is 1. The number of benzene rings is 1. The fourth-order valence-electron chi connectivity index (χ4n) is 2.55. The Morgan fingerprint density at radius 2 is 1.96 bits per heavy atom. The molecule has 2 N–H and O–H groups in total. The molecule has 0 spiro atoms. The van der Waals surface area contributed by atoms with Crippen LogP contribution in [-0.2, 0) is 6.54 Å². The first-order valence-corrected chi connectivity index (χ1v) is 9.82. The molecule has 0 amide bonds. The molecule has 0 aliphatic heterocycles. The smallest absolute Gasteiger partial charge is 0.226 e. The molecule has 6 nitrogen and oxygen atoms in total. The molecule has 148 valence electrons. The van der Waals surface area contributed by atoms with Crippen molar-refractivity contribution in [2.75, 3.05) is 26.7 Å². The second-order valence-electron chi connectivity index (χ2n) is 6.91. The normalized spacial score (nSPS) is 12.0. The number of rotatable bonds is 10. The summed E-state index contributed by atoms with van der Waals surface area (Å²) in [6.07, 6.45) is 3.96. The minimum absolute atomic E-state index is 0.488. The van der Waals surface area contributed by atoms with Gasteiger partial charge in [-0.25, -0.2) is 9.98 Å². The Morgan fingerprint density at radius 1 is 1.19 bits per heavy atom. The second kappa shape index (κ2) is 11.4. The Hall–Kier alpha value is -2.34. The van der Waals surface area contributed by atoms with Crippen LogP contribution in [-0.4, -0.2) is 48.6 Å². The third-order valence-corrected chi connectivity index (χ3v) is 4.43. The maximum Gasteiger partial charge on any atom is 0.226 e. The highest BCUT2D eigenvalue weighted by Gasteiger charge is 2.06. The van der Waals surface area contributed by atoms with Gasteiger partial charge in [0.25, 0.3) is 0 Å². The first-order chi connectivity index (χ1) is 13.1. The highest BCUT2D eigenvalue weighted by molar-refractivity contribution is 5.79. The van der Waals surface area contributed by atoms with E-state index >= 15 is 0 Å². The summed E-state index contributed by atoms with van der Waals surface area (Å²) in [6, 6.07) is 10.5. The Bertz CT molecular complexity index is 681. The summed E-state index contributed by atoms with van der Waals surface area (Å²) in [5.41, 5.74) is 1.80. The largest absolute Gasteiger partial charge is 0.444 e. The molecule has 2 aromatic rings. The molecule has 27 heavy (non-hydrogen) atoms. The van der Waals surface area contributed by atoms with Crippen LogP contribution in [0.4, 0.5) is 0 Å². The van der Waals surface area contributed by atoms with Gasteiger partial charge in [-0.1, -0.05) is 18.2 Å². The quantitative estimate of drug-likeness (QED) is 0.380. The number of hydrogen-bond acceptors (Lipinski definition) is 4. The molecular weight excluding hydrogens is 338 g/mol. The predicted octanol–water partition coefficient (Wildman–Crippen LogP) is 3.52. The highest BCUT2D eigenvalue weighted by Crippen LogP contribution is 2.18. The first kappa shape index (κ1) is 21.0. The van der Waals surface area contributed by atoms with Gasteiger partial charge in [0, 0.05) is 24.7 Å². The molecule has 0 aliphatic rings. The molecule has 0 radical (unpaired) electrons. The van der Waals surface area contributed by atoms with Crippen LogP contribution in [0.15, 0.2) is 46.0 Å². The van der Waals surface area contributed by atoms with Crippen molar-refractivity contribution in [3.8, 4) is 11.5 Å². The van der Waals surface area contributed by atoms with Crippen molar-refractivity contribution in [1.82, 2.24) is 20.5 Å². The fourth-order valence-corrected chi connectivity index (χ4v) is 2.55. The molecule has 0 fully saturated rings. The Balaban J connectivity index is 1.80. The van der Waals surface area contributed by atoms with Crippen molar-refractivity contribution in [3.63, 3.8) is 0 Å². The van der Waals surface area contributed by atoms with Crippen molar-refractivity contribution >= 4 is 5.96 Å². The van der Waals surface area contributed by atoms with Crippen LogP contribution in [0.25, 0.3) is 11.5 Å².